The van der Waals surface area contributed by atoms with Gasteiger partial charge in [-0.05, 0) is 37.5 Å². The van der Waals surface area contributed by atoms with Crippen LogP contribution in [0.4, 0.5) is 5.82 Å². The zero-order valence-electron chi connectivity index (χ0n) is 18.5. The molecule has 1 amide bonds. The lowest BCUT2D eigenvalue weighted by Crippen LogP contribution is -2.40. The third kappa shape index (κ3) is 7.68. The molecule has 1 aliphatic rings. The zero-order valence-corrected chi connectivity index (χ0v) is 18.5. The van der Waals surface area contributed by atoms with Gasteiger partial charge in [0.2, 0.25) is 5.91 Å². The van der Waals surface area contributed by atoms with Crippen LogP contribution in [0, 0.1) is 12.8 Å². The van der Waals surface area contributed by atoms with Gasteiger partial charge in [0.1, 0.15) is 5.82 Å². The van der Waals surface area contributed by atoms with Crippen LogP contribution in [0.5, 0.6) is 0 Å². The Morgan fingerprint density at radius 2 is 2.10 bits per heavy atom. The summed E-state index contributed by atoms with van der Waals surface area (Å²) in [7, 11) is 0. The number of likely N-dealkylation sites (tertiary alicyclic amines) is 1. The van der Waals surface area contributed by atoms with Gasteiger partial charge in [-0.3, -0.25) is 9.79 Å². The fourth-order valence-electron chi connectivity index (χ4n) is 3.52. The summed E-state index contributed by atoms with van der Waals surface area (Å²) in [6.07, 6.45) is 3.14. The molecule has 166 valence electrons. The number of anilines is 1. The van der Waals surface area contributed by atoms with Crippen molar-refractivity contribution < 1.29 is 9.53 Å². The quantitative estimate of drug-likeness (QED) is 0.478. The largest absolute Gasteiger partial charge is 0.376 e. The maximum absolute atomic E-state index is 12.2. The number of rotatable bonds is 9. The fourth-order valence-corrected chi connectivity index (χ4v) is 3.52. The molecule has 2 heterocycles. The number of hydrogen-bond donors (Lipinski definition) is 2. The van der Waals surface area contributed by atoms with E-state index in [0.29, 0.717) is 31.3 Å². The van der Waals surface area contributed by atoms with Gasteiger partial charge >= 0.3 is 0 Å². The Morgan fingerprint density at radius 1 is 1.26 bits per heavy atom. The summed E-state index contributed by atoms with van der Waals surface area (Å²) in [6.45, 7) is 8.52. The number of carbonyl (C=O) groups is 1. The molecule has 7 nitrogen and oxygen atoms in total. The molecule has 0 radical (unpaired) electrons. The second-order valence-corrected chi connectivity index (χ2v) is 7.86. The molecule has 1 aromatic heterocycles. The van der Waals surface area contributed by atoms with Crippen LogP contribution in [0.2, 0.25) is 0 Å². The molecule has 7 heteroatoms. The minimum atomic E-state index is -0.0791. The lowest BCUT2D eigenvalue weighted by atomic mass is 10.1. The smallest absolute Gasteiger partial charge is 0.227 e. The monoisotopic (exact) mass is 423 g/mol. The Bertz CT molecular complexity index is 839. The third-order valence-electron chi connectivity index (χ3n) is 5.16. The van der Waals surface area contributed by atoms with Gasteiger partial charge in [0.25, 0.3) is 0 Å². The summed E-state index contributed by atoms with van der Waals surface area (Å²) in [5, 5.41) is 6.17. The second kappa shape index (κ2) is 12.1. The van der Waals surface area contributed by atoms with Crippen molar-refractivity contribution >= 4 is 17.7 Å². The maximum atomic E-state index is 12.2. The molecule has 1 saturated heterocycles. The minimum Gasteiger partial charge on any atom is -0.376 e. The zero-order chi connectivity index (χ0) is 21.9. The van der Waals surface area contributed by atoms with Gasteiger partial charge in [-0.1, -0.05) is 36.4 Å². The van der Waals surface area contributed by atoms with Crippen molar-refractivity contribution in [3.63, 3.8) is 0 Å². The first-order valence-corrected chi connectivity index (χ1v) is 11.0. The number of pyridine rings is 1. The highest BCUT2D eigenvalue weighted by Crippen LogP contribution is 2.17. The molecule has 0 bridgehead atoms. The van der Waals surface area contributed by atoms with E-state index in [4.69, 9.17) is 4.74 Å². The number of benzene rings is 1. The normalized spacial score (nSPS) is 16.4. The van der Waals surface area contributed by atoms with Crippen molar-refractivity contribution in [2.24, 2.45) is 10.9 Å². The number of hydrogen-bond acceptors (Lipinski definition) is 4. The number of aliphatic imine (C=N–C) groups is 1. The Hall–Kier alpha value is -2.93. The van der Waals surface area contributed by atoms with E-state index in [2.05, 4.69) is 44.6 Å². The summed E-state index contributed by atoms with van der Waals surface area (Å²) in [6, 6.07) is 14.0. The summed E-state index contributed by atoms with van der Waals surface area (Å²) in [5.41, 5.74) is 2.26. The van der Waals surface area contributed by atoms with Gasteiger partial charge in [-0.15, -0.1) is 0 Å². The summed E-state index contributed by atoms with van der Waals surface area (Å²) in [5.74, 6) is 1.85. The summed E-state index contributed by atoms with van der Waals surface area (Å²) >= 11 is 0. The first-order chi connectivity index (χ1) is 15.1. The first-order valence-electron chi connectivity index (χ1n) is 11.0. The van der Waals surface area contributed by atoms with E-state index in [0.717, 1.165) is 44.2 Å². The van der Waals surface area contributed by atoms with Crippen molar-refractivity contribution in [1.29, 1.82) is 0 Å². The Kier molecular flexibility index (Phi) is 8.84. The van der Waals surface area contributed by atoms with Crippen molar-refractivity contribution in [3.8, 4) is 0 Å². The van der Waals surface area contributed by atoms with Gasteiger partial charge in [-0.2, -0.15) is 0 Å². The standard InChI is InChI=1S/C24H33N5O2/c1-3-25-24(26-13-11-23(30)28-22-10-9-19(2)15-27-22)29-14-12-21(16-29)18-31-17-20-7-5-4-6-8-20/h4-10,15,21H,3,11-14,16-18H2,1-2H3,(H,25,26)(H,27,28,30). The lowest BCUT2D eigenvalue weighted by Gasteiger charge is -2.21. The second-order valence-electron chi connectivity index (χ2n) is 7.86. The molecule has 3 rings (SSSR count). The van der Waals surface area contributed by atoms with Crippen molar-refractivity contribution in [2.45, 2.75) is 33.3 Å². The van der Waals surface area contributed by atoms with Crippen LogP contribution < -0.4 is 10.6 Å². The number of carbonyl (C=O) groups excluding carboxylic acids is 1. The van der Waals surface area contributed by atoms with Crippen molar-refractivity contribution in [2.75, 3.05) is 38.1 Å². The molecule has 1 aromatic carbocycles. The molecule has 0 saturated carbocycles. The third-order valence-corrected chi connectivity index (χ3v) is 5.16. The van der Waals surface area contributed by atoms with Crippen LogP contribution in [-0.2, 0) is 16.1 Å². The number of guanidine groups is 1. The van der Waals surface area contributed by atoms with Crippen molar-refractivity contribution in [3.05, 3.63) is 59.8 Å². The number of aromatic nitrogens is 1. The Labute approximate surface area is 184 Å². The highest BCUT2D eigenvalue weighted by molar-refractivity contribution is 5.90. The summed E-state index contributed by atoms with van der Waals surface area (Å²) < 4.78 is 5.92. The maximum Gasteiger partial charge on any atom is 0.227 e. The van der Waals surface area contributed by atoms with E-state index in [1.807, 2.05) is 37.3 Å². The van der Waals surface area contributed by atoms with E-state index in [9.17, 15) is 4.79 Å². The van der Waals surface area contributed by atoms with Crippen LogP contribution in [0.1, 0.15) is 30.9 Å². The fraction of sp³-hybridized carbons (Fsp3) is 0.458. The van der Waals surface area contributed by atoms with E-state index in [-0.39, 0.29) is 5.91 Å². The molecule has 0 spiro atoms. The molecular formula is C24H33N5O2. The molecular weight excluding hydrogens is 390 g/mol. The SMILES string of the molecule is CCNC(=NCCC(=O)Nc1ccc(C)cn1)N1CCC(COCc2ccccc2)C1. The van der Waals surface area contributed by atoms with Gasteiger partial charge in [0.15, 0.2) is 5.96 Å². The van der Waals surface area contributed by atoms with Crippen molar-refractivity contribution in [1.82, 2.24) is 15.2 Å². The highest BCUT2D eigenvalue weighted by atomic mass is 16.5. The topological polar surface area (TPSA) is 78.8 Å². The van der Waals surface area contributed by atoms with E-state index in [1.165, 1.54) is 5.56 Å². The Balaban J connectivity index is 1.42. The molecule has 2 aromatic rings. The van der Waals surface area contributed by atoms with Gasteiger partial charge in [-0.25, -0.2) is 4.98 Å². The molecule has 1 fully saturated rings. The van der Waals surface area contributed by atoms with E-state index < -0.39 is 0 Å². The van der Waals surface area contributed by atoms with Crippen LogP contribution in [0.3, 0.4) is 0 Å². The molecule has 2 N–H and O–H groups in total. The van der Waals surface area contributed by atoms with Gasteiger partial charge in [0, 0.05) is 38.2 Å². The minimum absolute atomic E-state index is 0.0791. The molecule has 1 aliphatic heterocycles. The van der Waals surface area contributed by atoms with E-state index >= 15 is 0 Å². The van der Waals surface area contributed by atoms with Crippen LogP contribution in [-0.4, -0.2) is 54.5 Å². The number of nitrogens with zero attached hydrogens (tertiary/aromatic N) is 3. The van der Waals surface area contributed by atoms with Gasteiger partial charge < -0.3 is 20.3 Å². The Morgan fingerprint density at radius 3 is 2.84 bits per heavy atom. The number of nitrogens with one attached hydrogen (secondary N) is 2. The number of aryl methyl sites for hydroxylation is 1. The highest BCUT2D eigenvalue weighted by Gasteiger charge is 2.25. The molecule has 1 unspecified atom stereocenters. The average Bonchev–Trinajstić information content (AvgIpc) is 3.24. The molecule has 0 aliphatic carbocycles. The first kappa shape index (κ1) is 22.7. The molecule has 31 heavy (non-hydrogen) atoms. The summed E-state index contributed by atoms with van der Waals surface area (Å²) in [4.78, 5) is 23.3. The van der Waals surface area contributed by atoms with Gasteiger partial charge in [0.05, 0.1) is 19.8 Å². The van der Waals surface area contributed by atoms with Crippen LogP contribution in [0.15, 0.2) is 53.7 Å². The predicted octanol–water partition coefficient (Wildman–Crippen LogP) is 3.22. The van der Waals surface area contributed by atoms with Crippen LogP contribution in [0.25, 0.3) is 0 Å². The van der Waals surface area contributed by atoms with Crippen LogP contribution >= 0.6 is 0 Å². The number of ether oxygens (including phenoxy) is 1. The number of amides is 1. The lowest BCUT2D eigenvalue weighted by molar-refractivity contribution is -0.116. The average molecular weight is 424 g/mol. The van der Waals surface area contributed by atoms with E-state index in [1.54, 1.807) is 6.20 Å². The molecule has 1 atom stereocenters. The predicted molar refractivity (Wildman–Crippen MR) is 124 cm³/mol.